The summed E-state index contributed by atoms with van der Waals surface area (Å²) in [5.74, 6) is -1.65. The van der Waals surface area contributed by atoms with Gasteiger partial charge in [-0.2, -0.15) is 10.5 Å². The standard InChI is InChI=1S/C33H17F2N5/c34-26-13-19(17-37)14-27(35)29(26)21-9-11-22(12-10-21)33-25-15-24(20-7-5-18(16-36)6-8-20)31(38)32(39)30(25)23-3-1-2-4-28(23)40-33/h1-15,38-39H. The monoisotopic (exact) mass is 521 g/mol. The zero-order valence-electron chi connectivity index (χ0n) is 20.8. The summed E-state index contributed by atoms with van der Waals surface area (Å²) in [5.41, 5.74) is 4.91. The Balaban J connectivity index is 1.55. The van der Waals surface area contributed by atoms with Crippen LogP contribution in [-0.2, 0) is 0 Å². The predicted molar refractivity (Wildman–Crippen MR) is 151 cm³/mol. The molecule has 188 valence electrons. The number of nitrogens with one attached hydrogen (secondary N) is 2. The van der Waals surface area contributed by atoms with Gasteiger partial charge in [0.1, 0.15) is 11.6 Å². The highest BCUT2D eigenvalue weighted by atomic mass is 19.1. The van der Waals surface area contributed by atoms with Gasteiger partial charge in [-0.05, 0) is 47.5 Å². The van der Waals surface area contributed by atoms with E-state index in [1.54, 1.807) is 54.6 Å². The second kappa shape index (κ2) is 9.50. The van der Waals surface area contributed by atoms with Gasteiger partial charge in [-0.25, -0.2) is 13.8 Å². The minimum Gasteiger partial charge on any atom is -0.298 e. The third-order valence-electron chi connectivity index (χ3n) is 6.93. The van der Waals surface area contributed by atoms with Crippen molar-refractivity contribution in [3.8, 4) is 34.5 Å². The van der Waals surface area contributed by atoms with Crippen LogP contribution in [0.25, 0.3) is 44.9 Å². The number of halogens is 2. The Kier molecular flexibility index (Phi) is 5.83. The molecule has 0 spiro atoms. The van der Waals surface area contributed by atoms with E-state index in [1.807, 2.05) is 30.3 Å². The Morgan fingerprint density at radius 1 is 0.650 bits per heavy atom. The van der Waals surface area contributed by atoms with Crippen molar-refractivity contribution in [2.45, 2.75) is 0 Å². The molecule has 0 saturated heterocycles. The first-order chi connectivity index (χ1) is 19.4. The van der Waals surface area contributed by atoms with Gasteiger partial charge < -0.3 is 0 Å². The molecule has 5 nitrogen and oxygen atoms in total. The first-order valence-corrected chi connectivity index (χ1v) is 12.2. The van der Waals surface area contributed by atoms with E-state index in [0.717, 1.165) is 17.5 Å². The fourth-order valence-corrected chi connectivity index (χ4v) is 4.99. The zero-order chi connectivity index (χ0) is 28.0. The van der Waals surface area contributed by atoms with Gasteiger partial charge in [0.15, 0.2) is 0 Å². The van der Waals surface area contributed by atoms with E-state index in [2.05, 4.69) is 6.07 Å². The summed E-state index contributed by atoms with van der Waals surface area (Å²) >= 11 is 0. The molecular weight excluding hydrogens is 504 g/mol. The van der Waals surface area contributed by atoms with E-state index in [0.29, 0.717) is 50.2 Å². The maximum Gasteiger partial charge on any atom is 0.135 e. The summed E-state index contributed by atoms with van der Waals surface area (Å²) in [6.45, 7) is 0. The van der Waals surface area contributed by atoms with Gasteiger partial charge in [0, 0.05) is 27.6 Å². The van der Waals surface area contributed by atoms with Gasteiger partial charge in [0.25, 0.3) is 0 Å². The number of nitriles is 2. The van der Waals surface area contributed by atoms with Crippen LogP contribution in [0.2, 0.25) is 0 Å². The number of para-hydroxylation sites is 1. The molecule has 0 aliphatic heterocycles. The topological polar surface area (TPSA) is 108 Å². The third kappa shape index (κ3) is 3.94. The van der Waals surface area contributed by atoms with Crippen molar-refractivity contribution < 1.29 is 8.78 Å². The molecule has 0 fully saturated rings. The maximum atomic E-state index is 14.7. The summed E-state index contributed by atoms with van der Waals surface area (Å²) in [6, 6.07) is 26.7. The number of allylic oxidation sites excluding steroid dienone is 1. The van der Waals surface area contributed by atoms with Gasteiger partial charge in [-0.3, -0.25) is 10.8 Å². The Morgan fingerprint density at radius 2 is 1.25 bits per heavy atom. The SMILES string of the molecule is N#Cc1ccc(C2=Cc3c(-c4ccc(-c5c(F)cc(C#N)cc5F)cc4)nc4ccccc4c3C(=N)C2=N)cc1. The molecule has 0 bridgehead atoms. The minimum atomic E-state index is -0.826. The van der Waals surface area contributed by atoms with Crippen LogP contribution in [-0.4, -0.2) is 16.4 Å². The second-order valence-electron chi connectivity index (χ2n) is 9.27. The van der Waals surface area contributed by atoms with E-state index in [9.17, 15) is 8.78 Å². The molecule has 1 heterocycles. The molecule has 6 rings (SSSR count). The van der Waals surface area contributed by atoms with Crippen LogP contribution < -0.4 is 0 Å². The third-order valence-corrected chi connectivity index (χ3v) is 6.93. The van der Waals surface area contributed by atoms with Crippen LogP contribution in [0.1, 0.15) is 27.8 Å². The van der Waals surface area contributed by atoms with Crippen LogP contribution in [0.4, 0.5) is 8.78 Å². The van der Waals surface area contributed by atoms with Gasteiger partial charge in [-0.1, -0.05) is 54.6 Å². The number of rotatable bonds is 3. The lowest BCUT2D eigenvalue weighted by Crippen LogP contribution is -2.21. The molecule has 7 heteroatoms. The molecule has 40 heavy (non-hydrogen) atoms. The van der Waals surface area contributed by atoms with E-state index < -0.39 is 11.6 Å². The van der Waals surface area contributed by atoms with Crippen LogP contribution in [0.5, 0.6) is 0 Å². The molecular formula is C33H17F2N5. The molecule has 2 N–H and O–H groups in total. The molecule has 0 unspecified atom stereocenters. The van der Waals surface area contributed by atoms with E-state index in [1.165, 1.54) is 0 Å². The first kappa shape index (κ1) is 24.5. The highest BCUT2D eigenvalue weighted by molar-refractivity contribution is 6.64. The van der Waals surface area contributed by atoms with Crippen LogP contribution in [0.15, 0.2) is 84.9 Å². The highest BCUT2D eigenvalue weighted by Gasteiger charge is 2.28. The number of hydrogen-bond acceptors (Lipinski definition) is 5. The first-order valence-electron chi connectivity index (χ1n) is 12.2. The van der Waals surface area contributed by atoms with Gasteiger partial charge in [0.2, 0.25) is 0 Å². The lowest BCUT2D eigenvalue weighted by atomic mass is 9.82. The summed E-state index contributed by atoms with van der Waals surface area (Å²) in [6.07, 6.45) is 1.83. The van der Waals surface area contributed by atoms with Crippen molar-refractivity contribution in [1.82, 2.24) is 4.98 Å². The van der Waals surface area contributed by atoms with Crippen LogP contribution >= 0.6 is 0 Å². The lowest BCUT2D eigenvalue weighted by Gasteiger charge is -2.23. The Hall–Kier alpha value is -5.79. The van der Waals surface area contributed by atoms with Crippen molar-refractivity contribution in [3.05, 3.63) is 124 Å². The largest absolute Gasteiger partial charge is 0.298 e. The fourth-order valence-electron chi connectivity index (χ4n) is 4.99. The van der Waals surface area contributed by atoms with E-state index in [-0.39, 0.29) is 22.6 Å². The number of hydrogen-bond donors (Lipinski definition) is 2. The van der Waals surface area contributed by atoms with E-state index >= 15 is 0 Å². The van der Waals surface area contributed by atoms with Crippen LogP contribution in [0, 0.1) is 45.1 Å². The van der Waals surface area contributed by atoms with Gasteiger partial charge >= 0.3 is 0 Å². The smallest absolute Gasteiger partial charge is 0.135 e. The molecule has 4 aromatic carbocycles. The minimum absolute atomic E-state index is 0.0510. The molecule has 0 amide bonds. The quantitative estimate of drug-likeness (QED) is 0.256. The summed E-state index contributed by atoms with van der Waals surface area (Å²) in [7, 11) is 0. The van der Waals surface area contributed by atoms with Crippen molar-refractivity contribution >= 4 is 34.0 Å². The Labute approximate surface area is 227 Å². The number of benzene rings is 4. The summed E-state index contributed by atoms with van der Waals surface area (Å²) < 4.78 is 29.3. The molecule has 0 saturated carbocycles. The average molecular weight is 522 g/mol. The molecule has 5 aromatic rings. The Bertz CT molecular complexity index is 1990. The van der Waals surface area contributed by atoms with Crippen molar-refractivity contribution in [1.29, 1.82) is 21.3 Å². The Morgan fingerprint density at radius 3 is 1.90 bits per heavy atom. The summed E-state index contributed by atoms with van der Waals surface area (Å²) in [4.78, 5) is 4.89. The number of fused-ring (bicyclic) bond motifs is 3. The lowest BCUT2D eigenvalue weighted by molar-refractivity contribution is 0.589. The molecule has 0 radical (unpaired) electrons. The van der Waals surface area contributed by atoms with E-state index in [4.69, 9.17) is 26.3 Å². The molecule has 0 atom stereocenters. The predicted octanol–water partition coefficient (Wildman–Crippen LogP) is 7.53. The average Bonchev–Trinajstić information content (AvgIpc) is 2.98. The molecule has 1 aliphatic carbocycles. The van der Waals surface area contributed by atoms with Gasteiger partial charge in [0.05, 0.1) is 51.5 Å². The number of aromatic nitrogens is 1. The second-order valence-corrected chi connectivity index (χ2v) is 9.27. The van der Waals surface area contributed by atoms with Crippen LogP contribution in [0.3, 0.4) is 0 Å². The normalized spacial score (nSPS) is 12.4. The van der Waals surface area contributed by atoms with Crippen molar-refractivity contribution in [3.63, 3.8) is 0 Å². The van der Waals surface area contributed by atoms with Gasteiger partial charge in [-0.15, -0.1) is 0 Å². The van der Waals surface area contributed by atoms with Crippen molar-refractivity contribution in [2.24, 2.45) is 0 Å². The van der Waals surface area contributed by atoms with Crippen molar-refractivity contribution in [2.75, 3.05) is 0 Å². The summed E-state index contributed by atoms with van der Waals surface area (Å²) in [5, 5.41) is 36.6. The molecule has 1 aliphatic rings. The molecule has 1 aromatic heterocycles. The zero-order valence-corrected chi connectivity index (χ0v) is 20.8. The fraction of sp³-hybridized carbons (Fsp3) is 0. The number of nitrogens with zero attached hydrogens (tertiary/aromatic N) is 3. The maximum absolute atomic E-state index is 14.7. The highest BCUT2D eigenvalue weighted by Crippen LogP contribution is 2.38. The number of pyridine rings is 1.